The standard InChI is InChI=1S/C87H58N4O2/c1-53-32-38-66(39-33-53)86(2)77-51-61(36-42-73(77)83(93)90-80-31-15-14-30-78(80)88-84(86)90)57-23-16-22-56(44-57)59-35-41-71-74(49-59)69-27-11-10-26-68(69)70-40-34-60(50-75(70)71)58-24-17-25-67(48-58)87(3)76-29-13-12-28-72(76)82(92)91-81-52-62(37-43-79(81)89-85(87)91)65-46-63(54-18-6-4-7-19-54)45-64(47-65)55-20-8-5-9-21-55/h4-52H,1-3H3. The molecule has 93 heavy (non-hydrogen) atoms. The molecule has 2 atom stereocenters. The van der Waals surface area contributed by atoms with Crippen molar-refractivity contribution in [2.45, 2.75) is 31.6 Å². The van der Waals surface area contributed by atoms with Gasteiger partial charge in [0.05, 0.1) is 32.9 Å². The Bertz CT molecular complexity index is 5780. The summed E-state index contributed by atoms with van der Waals surface area (Å²) >= 11 is 0. The lowest BCUT2D eigenvalue weighted by Gasteiger charge is -2.36. The third-order valence-electron chi connectivity index (χ3n) is 20.2. The number of aromatic nitrogens is 4. The maximum atomic E-state index is 15.1. The van der Waals surface area contributed by atoms with Gasteiger partial charge in [-0.15, -0.1) is 0 Å². The van der Waals surface area contributed by atoms with Crippen molar-refractivity contribution in [1.82, 2.24) is 19.1 Å². The van der Waals surface area contributed by atoms with Gasteiger partial charge in [-0.2, -0.15) is 0 Å². The lowest BCUT2D eigenvalue weighted by molar-refractivity contribution is 0.0941. The fourth-order valence-corrected chi connectivity index (χ4v) is 15.3. The van der Waals surface area contributed by atoms with Gasteiger partial charge in [-0.05, 0) is 227 Å². The van der Waals surface area contributed by atoms with E-state index in [1.54, 1.807) is 0 Å². The second-order valence-electron chi connectivity index (χ2n) is 25.5. The molecule has 18 rings (SSSR count). The molecule has 6 heteroatoms. The summed E-state index contributed by atoms with van der Waals surface area (Å²) < 4.78 is 3.70. The smallest absolute Gasteiger partial charge is 0.264 e. The Hall–Kier alpha value is -11.9. The van der Waals surface area contributed by atoms with Gasteiger partial charge in [-0.1, -0.05) is 218 Å². The summed E-state index contributed by atoms with van der Waals surface area (Å²) in [6.07, 6.45) is 0. The summed E-state index contributed by atoms with van der Waals surface area (Å²) in [6, 6.07) is 105. The molecule has 0 aliphatic carbocycles. The maximum absolute atomic E-state index is 15.1. The molecule has 0 spiro atoms. The minimum absolute atomic E-state index is 0.0636. The van der Waals surface area contributed by atoms with E-state index in [0.717, 1.165) is 117 Å². The van der Waals surface area contributed by atoms with Crippen LogP contribution >= 0.6 is 0 Å². The van der Waals surface area contributed by atoms with Crippen LogP contribution in [0.1, 0.15) is 74.0 Å². The summed E-state index contributed by atoms with van der Waals surface area (Å²) in [6.45, 7) is 6.55. The molecule has 16 aromatic rings. The molecule has 0 saturated carbocycles. The summed E-state index contributed by atoms with van der Waals surface area (Å²) in [4.78, 5) is 40.4. The Morgan fingerprint density at radius 3 is 1.38 bits per heavy atom. The minimum Gasteiger partial charge on any atom is -0.268 e. The van der Waals surface area contributed by atoms with Crippen molar-refractivity contribution in [3.8, 4) is 66.8 Å². The molecule has 0 radical (unpaired) electrons. The summed E-state index contributed by atoms with van der Waals surface area (Å²) in [7, 11) is 0. The van der Waals surface area contributed by atoms with Crippen LogP contribution in [0.3, 0.4) is 0 Å². The van der Waals surface area contributed by atoms with E-state index in [4.69, 9.17) is 9.97 Å². The maximum Gasteiger partial charge on any atom is 0.264 e. The molecule has 4 heterocycles. The minimum atomic E-state index is -0.804. The van der Waals surface area contributed by atoms with Crippen LogP contribution in [-0.4, -0.2) is 30.9 Å². The number of carbonyl (C=O) groups excluding carboxylic acids is 2. The van der Waals surface area contributed by atoms with Gasteiger partial charge in [0.2, 0.25) is 0 Å². The first-order valence-corrected chi connectivity index (χ1v) is 31.8. The molecule has 6 nitrogen and oxygen atoms in total. The zero-order chi connectivity index (χ0) is 62.3. The van der Waals surface area contributed by atoms with Crippen LogP contribution in [0.25, 0.3) is 121 Å². The van der Waals surface area contributed by atoms with Gasteiger partial charge in [0.1, 0.15) is 11.6 Å². The highest BCUT2D eigenvalue weighted by atomic mass is 16.2. The number of fused-ring (bicyclic) bond motifs is 14. The van der Waals surface area contributed by atoms with E-state index in [2.05, 4.69) is 257 Å². The Morgan fingerprint density at radius 2 is 0.710 bits per heavy atom. The van der Waals surface area contributed by atoms with Gasteiger partial charge in [0.15, 0.2) is 0 Å². The van der Waals surface area contributed by atoms with E-state index in [1.807, 2.05) is 69.8 Å². The molecule has 0 saturated heterocycles. The summed E-state index contributed by atoms with van der Waals surface area (Å²) in [5.41, 5.74) is 21.2. The predicted octanol–water partition coefficient (Wildman–Crippen LogP) is 20.9. The number of rotatable bonds is 8. The largest absolute Gasteiger partial charge is 0.268 e. The summed E-state index contributed by atoms with van der Waals surface area (Å²) in [5.74, 6) is 1.27. The number of aryl methyl sites for hydroxylation is 1. The van der Waals surface area contributed by atoms with Gasteiger partial charge < -0.3 is 0 Å². The van der Waals surface area contributed by atoms with Crippen LogP contribution in [0.4, 0.5) is 0 Å². The SMILES string of the molecule is Cc1ccc(C2(C)c3cc(-c4cccc(-c5ccc6c(c5)c5ccccc5c5ccc(-c7cccc(C8(C)c9ccccc9C(=O)n9c8nc8ccc(-c%10cc(-c%11ccccc%11)cc(-c%11ccccc%11)c%10)cc89)c7)cc56)c4)ccc3C(=O)n3c2nc2ccccc23)cc1. The second-order valence-corrected chi connectivity index (χ2v) is 25.5. The van der Waals surface area contributed by atoms with Crippen molar-refractivity contribution in [3.63, 3.8) is 0 Å². The van der Waals surface area contributed by atoms with E-state index in [9.17, 15) is 4.79 Å². The molecule has 0 amide bonds. The van der Waals surface area contributed by atoms with Crippen LogP contribution in [0.5, 0.6) is 0 Å². The normalized spacial score (nSPS) is 15.8. The first kappa shape index (κ1) is 54.1. The average Bonchev–Trinajstić information content (AvgIpc) is 1.65. The van der Waals surface area contributed by atoms with Crippen molar-refractivity contribution >= 4 is 66.2 Å². The third kappa shape index (κ3) is 8.28. The van der Waals surface area contributed by atoms with Crippen molar-refractivity contribution in [3.05, 3.63) is 348 Å². The molecular formula is C87H58N4O2. The van der Waals surface area contributed by atoms with Gasteiger partial charge in [0, 0.05) is 11.1 Å². The highest BCUT2D eigenvalue weighted by Crippen LogP contribution is 2.49. The van der Waals surface area contributed by atoms with Crippen LogP contribution in [-0.2, 0) is 10.8 Å². The molecule has 14 aromatic carbocycles. The number of carbonyl (C=O) groups is 2. The van der Waals surface area contributed by atoms with Crippen molar-refractivity contribution in [1.29, 1.82) is 0 Å². The quantitative estimate of drug-likeness (QED) is 0.142. The Labute approximate surface area is 538 Å². The number of para-hydroxylation sites is 2. The molecule has 0 N–H and O–H groups in total. The molecule has 0 bridgehead atoms. The highest BCUT2D eigenvalue weighted by Gasteiger charge is 2.46. The molecule has 2 aliphatic rings. The fraction of sp³-hybridized carbons (Fsp3) is 0.0575. The number of benzene rings is 14. The van der Waals surface area contributed by atoms with E-state index in [-0.39, 0.29) is 11.8 Å². The van der Waals surface area contributed by atoms with E-state index in [0.29, 0.717) is 17.0 Å². The van der Waals surface area contributed by atoms with Crippen LogP contribution in [0.15, 0.2) is 297 Å². The Kier molecular flexibility index (Phi) is 12.0. The predicted molar refractivity (Wildman–Crippen MR) is 379 cm³/mol. The molecule has 438 valence electrons. The number of hydrogen-bond acceptors (Lipinski definition) is 4. The molecule has 0 fully saturated rings. The van der Waals surface area contributed by atoms with E-state index < -0.39 is 10.8 Å². The first-order valence-electron chi connectivity index (χ1n) is 31.8. The third-order valence-corrected chi connectivity index (χ3v) is 20.2. The lowest BCUT2D eigenvalue weighted by Crippen LogP contribution is -2.38. The topological polar surface area (TPSA) is 69.8 Å². The van der Waals surface area contributed by atoms with Crippen molar-refractivity contribution in [2.24, 2.45) is 0 Å². The van der Waals surface area contributed by atoms with Gasteiger partial charge in [-0.3, -0.25) is 18.7 Å². The monoisotopic (exact) mass is 1190 g/mol. The fourth-order valence-electron chi connectivity index (χ4n) is 15.3. The first-order chi connectivity index (χ1) is 45.6. The Morgan fingerprint density at radius 1 is 0.280 bits per heavy atom. The molecule has 2 aliphatic heterocycles. The molecule has 2 aromatic heterocycles. The van der Waals surface area contributed by atoms with Gasteiger partial charge in [0.25, 0.3) is 11.8 Å². The second kappa shape index (κ2) is 20.6. The lowest BCUT2D eigenvalue weighted by atomic mass is 9.71. The van der Waals surface area contributed by atoms with Gasteiger partial charge in [-0.25, -0.2) is 9.97 Å². The van der Waals surface area contributed by atoms with Crippen LogP contribution in [0, 0.1) is 6.92 Å². The van der Waals surface area contributed by atoms with Gasteiger partial charge >= 0.3 is 0 Å². The number of hydrogen-bond donors (Lipinski definition) is 0. The molecular weight excluding hydrogens is 1130 g/mol. The zero-order valence-corrected chi connectivity index (χ0v) is 51.4. The van der Waals surface area contributed by atoms with Crippen molar-refractivity contribution < 1.29 is 9.59 Å². The summed E-state index contributed by atoms with van der Waals surface area (Å²) in [5, 5.41) is 7.09. The number of imidazole rings is 2. The van der Waals surface area contributed by atoms with Crippen LogP contribution in [0.2, 0.25) is 0 Å². The molecule has 2 unspecified atom stereocenters. The van der Waals surface area contributed by atoms with E-state index in [1.165, 1.54) is 37.9 Å². The Balaban J connectivity index is 0.724. The zero-order valence-electron chi connectivity index (χ0n) is 51.4. The van der Waals surface area contributed by atoms with Crippen molar-refractivity contribution in [2.75, 3.05) is 0 Å². The number of nitrogens with zero attached hydrogens (tertiary/aromatic N) is 4. The van der Waals surface area contributed by atoms with E-state index >= 15 is 4.79 Å². The highest BCUT2D eigenvalue weighted by molar-refractivity contribution is 6.26. The average molecular weight is 1190 g/mol. The van der Waals surface area contributed by atoms with Crippen LogP contribution < -0.4 is 0 Å².